The molecule has 116 valence electrons. The summed E-state index contributed by atoms with van der Waals surface area (Å²) in [5.41, 5.74) is 4.19. The van der Waals surface area contributed by atoms with Gasteiger partial charge in [-0.25, -0.2) is 4.79 Å². The first-order valence-electron chi connectivity index (χ1n) is 6.26. The lowest BCUT2D eigenvalue weighted by molar-refractivity contribution is -0.136. The van der Waals surface area contributed by atoms with Gasteiger partial charge in [0.2, 0.25) is 0 Å². The molecule has 21 heavy (non-hydrogen) atoms. The average molecular weight is 319 g/mol. The third-order valence-corrected chi connectivity index (χ3v) is 2.98. The minimum atomic E-state index is -4.53. The van der Waals surface area contributed by atoms with Crippen LogP contribution in [0.2, 0.25) is 0 Å². The van der Waals surface area contributed by atoms with E-state index in [1.54, 1.807) is 6.92 Å². The molecule has 0 aliphatic carbocycles. The van der Waals surface area contributed by atoms with Crippen LogP contribution in [0.3, 0.4) is 0 Å². The Bertz CT molecular complexity index is 520. The summed E-state index contributed by atoms with van der Waals surface area (Å²) in [6.07, 6.45) is -4.21. The number of nitrogens with two attached hydrogens (primary N) is 1. The molecule has 0 aliphatic rings. The Morgan fingerprint density at radius 2 is 2.00 bits per heavy atom. The van der Waals surface area contributed by atoms with Gasteiger partial charge in [-0.1, -0.05) is 24.4 Å². The largest absolute Gasteiger partial charge is 0.418 e. The van der Waals surface area contributed by atoms with Crippen molar-refractivity contribution in [1.82, 2.24) is 4.90 Å². The van der Waals surface area contributed by atoms with Crippen LogP contribution in [-0.2, 0) is 6.18 Å². The van der Waals surface area contributed by atoms with Crippen molar-refractivity contribution < 1.29 is 18.0 Å². The number of halogens is 3. The first-order chi connectivity index (χ1) is 9.75. The molecule has 0 bridgehead atoms. The number of carbonyl (C=O) groups excluding carboxylic acids is 1. The molecule has 0 aliphatic heterocycles. The number of alkyl halides is 3. The smallest absolute Gasteiger partial charge is 0.393 e. The first-order valence-corrected chi connectivity index (χ1v) is 6.67. The number of anilines is 1. The summed E-state index contributed by atoms with van der Waals surface area (Å²) in [5, 5.41) is 2.27. The van der Waals surface area contributed by atoms with Crippen LogP contribution in [-0.4, -0.2) is 29.0 Å². The van der Waals surface area contributed by atoms with Crippen LogP contribution in [0.4, 0.5) is 23.7 Å². The van der Waals surface area contributed by atoms with Gasteiger partial charge in [0.1, 0.15) is 0 Å². The second-order valence-corrected chi connectivity index (χ2v) is 4.79. The maximum atomic E-state index is 12.8. The first kappa shape index (κ1) is 17.2. The zero-order valence-corrected chi connectivity index (χ0v) is 12.2. The van der Waals surface area contributed by atoms with Gasteiger partial charge in [-0.3, -0.25) is 0 Å². The third kappa shape index (κ3) is 5.22. The highest BCUT2D eigenvalue weighted by Gasteiger charge is 2.33. The zero-order valence-electron chi connectivity index (χ0n) is 11.4. The van der Waals surface area contributed by atoms with E-state index in [4.69, 9.17) is 18.0 Å². The maximum absolute atomic E-state index is 12.8. The Balaban J connectivity index is 2.85. The Kier molecular flexibility index (Phi) is 5.95. The Labute approximate surface area is 126 Å². The van der Waals surface area contributed by atoms with E-state index in [-0.39, 0.29) is 17.2 Å². The van der Waals surface area contributed by atoms with Gasteiger partial charge in [-0.05, 0) is 19.1 Å². The molecule has 1 aromatic rings. The fraction of sp³-hybridized carbons (Fsp3) is 0.385. The van der Waals surface area contributed by atoms with Gasteiger partial charge in [-0.2, -0.15) is 13.2 Å². The van der Waals surface area contributed by atoms with Gasteiger partial charge < -0.3 is 16.0 Å². The second-order valence-electron chi connectivity index (χ2n) is 4.27. The van der Waals surface area contributed by atoms with E-state index < -0.39 is 17.8 Å². The number of urea groups is 1. The molecule has 0 atom stereocenters. The average Bonchev–Trinajstić information content (AvgIpc) is 2.38. The molecule has 0 heterocycles. The normalized spacial score (nSPS) is 11.0. The minimum absolute atomic E-state index is 0.247. The molecule has 4 nitrogen and oxygen atoms in total. The lowest BCUT2D eigenvalue weighted by atomic mass is 10.1. The van der Waals surface area contributed by atoms with Crippen molar-refractivity contribution in [3.05, 3.63) is 29.8 Å². The number of rotatable bonds is 5. The summed E-state index contributed by atoms with van der Waals surface area (Å²) < 4.78 is 38.5. The van der Waals surface area contributed by atoms with Crippen LogP contribution >= 0.6 is 12.2 Å². The van der Waals surface area contributed by atoms with Gasteiger partial charge >= 0.3 is 12.2 Å². The van der Waals surface area contributed by atoms with E-state index in [0.717, 1.165) is 6.07 Å². The third-order valence-electron chi connectivity index (χ3n) is 2.77. The van der Waals surface area contributed by atoms with Crippen molar-refractivity contribution in [2.45, 2.75) is 19.5 Å². The molecule has 2 amide bonds. The summed E-state index contributed by atoms with van der Waals surface area (Å²) in [6.45, 7) is 2.31. The van der Waals surface area contributed by atoms with Crippen LogP contribution < -0.4 is 11.1 Å². The molecule has 0 aromatic heterocycles. The zero-order chi connectivity index (χ0) is 16.0. The number of para-hydroxylation sites is 1. The molecule has 0 saturated heterocycles. The molecule has 8 heteroatoms. The molecule has 0 radical (unpaired) electrons. The van der Waals surface area contributed by atoms with Crippen LogP contribution in [0.1, 0.15) is 18.9 Å². The fourth-order valence-electron chi connectivity index (χ4n) is 1.68. The number of hydrogen-bond acceptors (Lipinski definition) is 2. The van der Waals surface area contributed by atoms with Crippen molar-refractivity contribution in [2.24, 2.45) is 5.73 Å². The van der Waals surface area contributed by atoms with Gasteiger partial charge in [0, 0.05) is 19.5 Å². The van der Waals surface area contributed by atoms with Crippen LogP contribution in [0.25, 0.3) is 0 Å². The van der Waals surface area contributed by atoms with E-state index >= 15 is 0 Å². The fourth-order valence-corrected chi connectivity index (χ4v) is 1.77. The number of hydrogen-bond donors (Lipinski definition) is 2. The number of carbonyl (C=O) groups is 1. The van der Waals surface area contributed by atoms with E-state index in [2.05, 4.69) is 5.32 Å². The second kappa shape index (κ2) is 7.26. The number of benzene rings is 1. The monoisotopic (exact) mass is 319 g/mol. The van der Waals surface area contributed by atoms with Crippen molar-refractivity contribution >= 4 is 28.9 Å². The highest BCUT2D eigenvalue weighted by atomic mass is 32.1. The van der Waals surface area contributed by atoms with Crippen LogP contribution in [0.15, 0.2) is 24.3 Å². The molecule has 0 fully saturated rings. The van der Waals surface area contributed by atoms with Gasteiger partial charge in [0.05, 0.1) is 16.2 Å². The lowest BCUT2D eigenvalue weighted by Crippen LogP contribution is -2.37. The maximum Gasteiger partial charge on any atom is 0.418 e. The summed E-state index contributed by atoms with van der Waals surface area (Å²) in [5.74, 6) is 0. The summed E-state index contributed by atoms with van der Waals surface area (Å²) in [7, 11) is 0. The summed E-state index contributed by atoms with van der Waals surface area (Å²) in [4.78, 5) is 13.6. The van der Waals surface area contributed by atoms with Crippen LogP contribution in [0.5, 0.6) is 0 Å². The molecule has 0 spiro atoms. The Morgan fingerprint density at radius 1 is 1.38 bits per heavy atom. The molecule has 1 rings (SSSR count). The summed E-state index contributed by atoms with van der Waals surface area (Å²) in [6, 6.07) is 4.20. The van der Waals surface area contributed by atoms with Crippen molar-refractivity contribution in [1.29, 1.82) is 0 Å². The van der Waals surface area contributed by atoms with E-state index in [0.29, 0.717) is 13.0 Å². The predicted octanol–water partition coefficient (Wildman–Crippen LogP) is 3.24. The van der Waals surface area contributed by atoms with E-state index in [1.165, 1.54) is 23.1 Å². The topological polar surface area (TPSA) is 58.4 Å². The minimum Gasteiger partial charge on any atom is -0.393 e. The van der Waals surface area contributed by atoms with Crippen molar-refractivity contribution in [3.8, 4) is 0 Å². The van der Waals surface area contributed by atoms with E-state index in [9.17, 15) is 18.0 Å². The van der Waals surface area contributed by atoms with Gasteiger partial charge in [0.25, 0.3) is 0 Å². The highest BCUT2D eigenvalue weighted by Crippen LogP contribution is 2.34. The lowest BCUT2D eigenvalue weighted by Gasteiger charge is -2.22. The van der Waals surface area contributed by atoms with Gasteiger partial charge in [-0.15, -0.1) is 0 Å². The molecular formula is C13H16F3N3OS. The summed E-state index contributed by atoms with van der Waals surface area (Å²) >= 11 is 4.72. The molecular weight excluding hydrogens is 303 g/mol. The number of nitrogens with zero attached hydrogens (tertiary/aromatic N) is 1. The number of amides is 2. The predicted molar refractivity (Wildman–Crippen MR) is 79.1 cm³/mol. The van der Waals surface area contributed by atoms with Gasteiger partial charge in [0.15, 0.2) is 0 Å². The molecule has 1 aromatic carbocycles. The Morgan fingerprint density at radius 3 is 2.52 bits per heavy atom. The number of thiocarbonyl (C=S) groups is 1. The Hall–Kier alpha value is -1.83. The number of nitrogens with one attached hydrogen (secondary N) is 1. The van der Waals surface area contributed by atoms with Crippen molar-refractivity contribution in [3.63, 3.8) is 0 Å². The molecule has 0 unspecified atom stereocenters. The molecule has 0 saturated carbocycles. The van der Waals surface area contributed by atoms with Crippen LogP contribution in [0, 0.1) is 0 Å². The van der Waals surface area contributed by atoms with E-state index in [1.807, 2.05) is 0 Å². The van der Waals surface area contributed by atoms with Crippen molar-refractivity contribution in [2.75, 3.05) is 18.4 Å². The molecule has 3 N–H and O–H groups in total. The standard InChI is InChI=1S/C13H16F3N3OS/c1-2-19(8-7-11(17)21)12(20)18-10-6-4-3-5-9(10)13(14,15)16/h3-6H,2,7-8H2,1H3,(H2,17,21)(H,18,20). The highest BCUT2D eigenvalue weighted by molar-refractivity contribution is 7.80. The SMILES string of the molecule is CCN(CCC(N)=S)C(=O)Nc1ccccc1C(F)(F)F. The quantitative estimate of drug-likeness (QED) is 0.819.